The van der Waals surface area contributed by atoms with Crippen LogP contribution in [0, 0.1) is 0 Å². The Morgan fingerprint density at radius 1 is 1.10 bits per heavy atom. The lowest BCUT2D eigenvalue weighted by molar-refractivity contribution is -0.114. The third kappa shape index (κ3) is 4.97. The number of carbonyl (C=O) groups is 1. The number of benzene rings is 2. The Morgan fingerprint density at radius 3 is 2.48 bits per heavy atom. The minimum absolute atomic E-state index is 0.0819. The highest BCUT2D eigenvalue weighted by Crippen LogP contribution is 2.30. The molecular formula is C22H28N2O4S. The predicted octanol–water partition coefficient (Wildman–Crippen LogP) is 3.96. The maximum absolute atomic E-state index is 13.0. The van der Waals surface area contributed by atoms with E-state index >= 15 is 0 Å². The Hall–Kier alpha value is -2.38. The SMILES string of the molecule is CC[C@H](NS(=O)(=O)c1ccc(OC)c(NC(C)=O)c1)c1ccc2c(c1)CCCC2. The molecule has 0 aromatic heterocycles. The molecule has 6 nitrogen and oxygen atoms in total. The quantitative estimate of drug-likeness (QED) is 0.715. The van der Waals surface area contributed by atoms with E-state index in [9.17, 15) is 13.2 Å². The molecule has 0 saturated heterocycles. The van der Waals surface area contributed by atoms with Gasteiger partial charge in [0.15, 0.2) is 0 Å². The van der Waals surface area contributed by atoms with Crippen molar-refractivity contribution >= 4 is 21.6 Å². The van der Waals surface area contributed by atoms with Crippen LogP contribution in [0.15, 0.2) is 41.3 Å². The number of methoxy groups -OCH3 is 1. The summed E-state index contributed by atoms with van der Waals surface area (Å²) in [4.78, 5) is 11.5. The molecule has 0 spiro atoms. The van der Waals surface area contributed by atoms with Gasteiger partial charge >= 0.3 is 0 Å². The topological polar surface area (TPSA) is 84.5 Å². The summed E-state index contributed by atoms with van der Waals surface area (Å²) in [5.74, 6) is 0.104. The lowest BCUT2D eigenvalue weighted by Gasteiger charge is -2.22. The zero-order valence-electron chi connectivity index (χ0n) is 17.1. The van der Waals surface area contributed by atoms with Crippen molar-refractivity contribution < 1.29 is 17.9 Å². The molecule has 2 aromatic carbocycles. The number of nitrogens with one attached hydrogen (secondary N) is 2. The molecule has 3 rings (SSSR count). The smallest absolute Gasteiger partial charge is 0.241 e. The minimum Gasteiger partial charge on any atom is -0.495 e. The minimum atomic E-state index is -3.78. The normalized spacial score (nSPS) is 14.7. The number of anilines is 1. The number of hydrogen-bond acceptors (Lipinski definition) is 4. The van der Waals surface area contributed by atoms with E-state index in [1.165, 1.54) is 50.1 Å². The average molecular weight is 417 g/mol. The summed E-state index contributed by atoms with van der Waals surface area (Å²) in [6.45, 7) is 3.32. The van der Waals surface area contributed by atoms with E-state index in [1.54, 1.807) is 6.07 Å². The van der Waals surface area contributed by atoms with E-state index in [1.807, 2.05) is 13.0 Å². The molecule has 1 atom stereocenters. The summed E-state index contributed by atoms with van der Waals surface area (Å²) in [6, 6.07) is 10.4. The molecule has 0 radical (unpaired) electrons. The van der Waals surface area contributed by atoms with Gasteiger partial charge in [0.05, 0.1) is 17.7 Å². The van der Waals surface area contributed by atoms with Gasteiger partial charge in [0.1, 0.15) is 5.75 Å². The highest BCUT2D eigenvalue weighted by atomic mass is 32.2. The summed E-state index contributed by atoms with van der Waals surface area (Å²) in [5.41, 5.74) is 3.99. The zero-order chi connectivity index (χ0) is 21.0. The van der Waals surface area contributed by atoms with Gasteiger partial charge in [-0.3, -0.25) is 4.79 Å². The second-order valence-electron chi connectivity index (χ2n) is 7.36. The van der Waals surface area contributed by atoms with Crippen LogP contribution in [0.4, 0.5) is 5.69 Å². The van der Waals surface area contributed by atoms with E-state index in [-0.39, 0.29) is 16.8 Å². The van der Waals surface area contributed by atoms with Gasteiger partial charge < -0.3 is 10.1 Å². The Morgan fingerprint density at radius 2 is 1.83 bits per heavy atom. The first-order valence-electron chi connectivity index (χ1n) is 9.93. The zero-order valence-corrected chi connectivity index (χ0v) is 17.9. The molecule has 1 amide bonds. The van der Waals surface area contributed by atoms with Crippen LogP contribution in [-0.4, -0.2) is 21.4 Å². The molecule has 29 heavy (non-hydrogen) atoms. The second kappa shape index (κ2) is 8.97. The van der Waals surface area contributed by atoms with Crippen LogP contribution >= 0.6 is 0 Å². The molecule has 2 aromatic rings. The van der Waals surface area contributed by atoms with E-state index < -0.39 is 10.0 Å². The Kier molecular flexibility index (Phi) is 6.59. The van der Waals surface area contributed by atoms with Crippen LogP contribution in [0.3, 0.4) is 0 Å². The van der Waals surface area contributed by atoms with Crippen molar-refractivity contribution in [3.8, 4) is 5.75 Å². The third-order valence-corrected chi connectivity index (χ3v) is 6.74. The Bertz CT molecular complexity index is 1000. The largest absolute Gasteiger partial charge is 0.495 e. The van der Waals surface area contributed by atoms with Gasteiger partial charge in [-0.15, -0.1) is 0 Å². The molecule has 0 fully saturated rings. The second-order valence-corrected chi connectivity index (χ2v) is 9.07. The van der Waals surface area contributed by atoms with Gasteiger partial charge in [0, 0.05) is 13.0 Å². The number of aryl methyl sites for hydroxylation is 2. The van der Waals surface area contributed by atoms with Gasteiger partial charge in [-0.25, -0.2) is 13.1 Å². The van der Waals surface area contributed by atoms with Gasteiger partial charge in [-0.1, -0.05) is 25.1 Å². The van der Waals surface area contributed by atoms with Crippen molar-refractivity contribution in [3.05, 3.63) is 53.1 Å². The third-order valence-electron chi connectivity index (χ3n) is 5.27. The van der Waals surface area contributed by atoms with Crippen molar-refractivity contribution in [2.75, 3.05) is 12.4 Å². The Balaban J connectivity index is 1.88. The highest BCUT2D eigenvalue weighted by Gasteiger charge is 2.23. The van der Waals surface area contributed by atoms with Crippen LogP contribution in [0.2, 0.25) is 0 Å². The van der Waals surface area contributed by atoms with E-state index in [4.69, 9.17) is 4.74 Å². The summed E-state index contributed by atoms with van der Waals surface area (Å²) >= 11 is 0. The van der Waals surface area contributed by atoms with Crippen LogP contribution in [0.1, 0.15) is 55.8 Å². The number of rotatable bonds is 7. The van der Waals surface area contributed by atoms with Crippen LogP contribution in [0.5, 0.6) is 5.75 Å². The number of amides is 1. The van der Waals surface area contributed by atoms with Crippen molar-refractivity contribution in [2.45, 2.75) is 56.9 Å². The standard InChI is InChI=1S/C22H28N2O4S/c1-4-20(18-10-9-16-7-5-6-8-17(16)13-18)24-29(26,27)19-11-12-22(28-3)21(14-19)23-15(2)25/h9-14,20,24H,4-8H2,1-3H3,(H,23,25)/t20-/m0/s1. The fourth-order valence-electron chi connectivity index (χ4n) is 3.75. The van der Waals surface area contributed by atoms with Gasteiger partial charge in [0.2, 0.25) is 15.9 Å². The van der Waals surface area contributed by atoms with Crippen molar-refractivity contribution in [1.29, 1.82) is 0 Å². The molecule has 0 aliphatic heterocycles. The monoisotopic (exact) mass is 416 g/mol. The van der Waals surface area contributed by atoms with Gasteiger partial charge in [-0.05, 0) is 67.0 Å². The first-order valence-corrected chi connectivity index (χ1v) is 11.4. The molecule has 7 heteroatoms. The maximum Gasteiger partial charge on any atom is 0.241 e. The van der Waals surface area contributed by atoms with Crippen LogP contribution in [0.25, 0.3) is 0 Å². The maximum atomic E-state index is 13.0. The fraction of sp³-hybridized carbons (Fsp3) is 0.409. The first-order chi connectivity index (χ1) is 13.8. The number of sulfonamides is 1. The molecule has 0 unspecified atom stereocenters. The summed E-state index contributed by atoms with van der Waals surface area (Å²) in [7, 11) is -2.31. The van der Waals surface area contributed by atoms with Gasteiger partial charge in [-0.2, -0.15) is 0 Å². The molecule has 1 aliphatic carbocycles. The number of fused-ring (bicyclic) bond motifs is 1. The molecule has 0 bridgehead atoms. The Labute approximate surface area is 172 Å². The molecular weight excluding hydrogens is 388 g/mol. The number of ether oxygens (including phenoxy) is 1. The molecule has 0 saturated carbocycles. The average Bonchev–Trinajstić information content (AvgIpc) is 2.71. The van der Waals surface area contributed by atoms with Crippen LogP contribution < -0.4 is 14.8 Å². The van der Waals surface area contributed by atoms with Crippen molar-refractivity contribution in [3.63, 3.8) is 0 Å². The molecule has 2 N–H and O–H groups in total. The van der Waals surface area contributed by atoms with E-state index in [0.717, 1.165) is 18.4 Å². The summed E-state index contributed by atoms with van der Waals surface area (Å²) in [6.07, 6.45) is 5.16. The highest BCUT2D eigenvalue weighted by molar-refractivity contribution is 7.89. The van der Waals surface area contributed by atoms with E-state index in [2.05, 4.69) is 22.2 Å². The van der Waals surface area contributed by atoms with E-state index in [0.29, 0.717) is 17.9 Å². The van der Waals surface area contributed by atoms with Crippen LogP contribution in [-0.2, 0) is 27.7 Å². The number of carbonyl (C=O) groups excluding carboxylic acids is 1. The molecule has 1 aliphatic rings. The van der Waals surface area contributed by atoms with Gasteiger partial charge in [0.25, 0.3) is 0 Å². The summed E-state index contributed by atoms with van der Waals surface area (Å²) in [5, 5.41) is 2.61. The first kappa shape index (κ1) is 21.3. The molecule has 0 heterocycles. The summed E-state index contributed by atoms with van der Waals surface area (Å²) < 4.78 is 34.1. The van der Waals surface area contributed by atoms with Crippen molar-refractivity contribution in [1.82, 2.24) is 4.72 Å². The molecule has 156 valence electrons. The fourth-order valence-corrected chi connectivity index (χ4v) is 5.09. The lowest BCUT2D eigenvalue weighted by Crippen LogP contribution is -2.28. The number of hydrogen-bond donors (Lipinski definition) is 2. The predicted molar refractivity (Wildman–Crippen MR) is 114 cm³/mol. The lowest BCUT2D eigenvalue weighted by atomic mass is 9.89. The van der Waals surface area contributed by atoms with Crippen molar-refractivity contribution in [2.24, 2.45) is 0 Å².